The lowest BCUT2D eigenvalue weighted by atomic mass is 10.0. The Bertz CT molecular complexity index is 545. The first-order valence-electron chi connectivity index (χ1n) is 5.95. The summed E-state index contributed by atoms with van der Waals surface area (Å²) in [6.45, 7) is 2.09. The monoisotopic (exact) mass is 322 g/mol. The van der Waals surface area contributed by atoms with Crippen LogP contribution in [0.5, 0.6) is 0 Å². The molecule has 0 saturated heterocycles. The average Bonchev–Trinajstić information content (AvgIpc) is 2.74. The summed E-state index contributed by atoms with van der Waals surface area (Å²) in [6, 6.07) is 12.3. The van der Waals surface area contributed by atoms with Crippen LogP contribution in [0.4, 0.5) is 0 Å². The van der Waals surface area contributed by atoms with Crippen molar-refractivity contribution in [1.82, 2.24) is 0 Å². The van der Waals surface area contributed by atoms with Gasteiger partial charge in [-0.1, -0.05) is 24.3 Å². The van der Waals surface area contributed by atoms with E-state index in [-0.39, 0.29) is 0 Å². The highest BCUT2D eigenvalue weighted by atomic mass is 79.9. The van der Waals surface area contributed by atoms with Gasteiger partial charge in [-0.2, -0.15) is 0 Å². The van der Waals surface area contributed by atoms with Crippen LogP contribution in [0.15, 0.2) is 40.2 Å². The minimum absolute atomic E-state index is 0.313. The van der Waals surface area contributed by atoms with E-state index in [0.717, 1.165) is 15.1 Å². The summed E-state index contributed by atoms with van der Waals surface area (Å²) in [6.07, 6.45) is 2.03. The topological polar surface area (TPSA) is 17.1 Å². The van der Waals surface area contributed by atoms with E-state index < -0.39 is 0 Å². The van der Waals surface area contributed by atoms with Crippen LogP contribution in [0.3, 0.4) is 0 Å². The van der Waals surface area contributed by atoms with Gasteiger partial charge >= 0.3 is 0 Å². The van der Waals surface area contributed by atoms with E-state index in [1.165, 1.54) is 11.1 Å². The van der Waals surface area contributed by atoms with Crippen molar-refractivity contribution in [3.63, 3.8) is 0 Å². The Hall–Kier alpha value is -0.930. The fourth-order valence-electron chi connectivity index (χ4n) is 1.89. The van der Waals surface area contributed by atoms with Gasteiger partial charge in [0.05, 0.1) is 3.79 Å². The largest absolute Gasteiger partial charge is 0.299 e. The fraction of sp³-hybridized carbons (Fsp3) is 0.267. The summed E-state index contributed by atoms with van der Waals surface area (Å²) in [5.41, 5.74) is 2.54. The number of carbonyl (C=O) groups excluding carboxylic acids is 1. The molecule has 0 aliphatic heterocycles. The molecule has 0 radical (unpaired) electrons. The third kappa shape index (κ3) is 3.79. The summed E-state index contributed by atoms with van der Waals surface area (Å²) in [4.78, 5) is 13.0. The molecule has 1 heterocycles. The predicted molar refractivity (Wildman–Crippen MR) is 80.2 cm³/mol. The Balaban J connectivity index is 1.87. The van der Waals surface area contributed by atoms with E-state index in [1.807, 2.05) is 24.3 Å². The van der Waals surface area contributed by atoms with Crippen molar-refractivity contribution in [3.8, 4) is 0 Å². The zero-order valence-corrected chi connectivity index (χ0v) is 12.7. The second kappa shape index (κ2) is 6.30. The third-order valence-electron chi connectivity index (χ3n) is 2.93. The summed E-state index contributed by atoms with van der Waals surface area (Å²) >= 11 is 5.05. The van der Waals surface area contributed by atoms with E-state index in [1.54, 1.807) is 11.3 Å². The van der Waals surface area contributed by atoms with Crippen LogP contribution in [0, 0.1) is 6.92 Å². The van der Waals surface area contributed by atoms with Gasteiger partial charge in [-0.05, 0) is 52.5 Å². The molecule has 94 valence electrons. The molecule has 1 aromatic heterocycles. The minimum Gasteiger partial charge on any atom is -0.299 e. The summed E-state index contributed by atoms with van der Waals surface area (Å²) in [5.74, 6) is 0.313. The highest BCUT2D eigenvalue weighted by Crippen LogP contribution is 2.23. The van der Waals surface area contributed by atoms with Gasteiger partial charge in [-0.3, -0.25) is 4.79 Å². The Labute approximate surface area is 120 Å². The number of hydrogen-bond acceptors (Lipinski definition) is 2. The van der Waals surface area contributed by atoms with Gasteiger partial charge in [-0.15, -0.1) is 11.3 Å². The maximum Gasteiger partial charge on any atom is 0.138 e. The van der Waals surface area contributed by atoms with Crippen molar-refractivity contribution in [2.45, 2.75) is 26.2 Å². The highest BCUT2D eigenvalue weighted by molar-refractivity contribution is 9.11. The lowest BCUT2D eigenvalue weighted by Gasteiger charge is -2.04. The van der Waals surface area contributed by atoms with Crippen LogP contribution >= 0.6 is 27.3 Å². The number of ketones is 1. The van der Waals surface area contributed by atoms with Crippen molar-refractivity contribution in [2.75, 3.05) is 0 Å². The first-order chi connectivity index (χ1) is 8.65. The van der Waals surface area contributed by atoms with E-state index in [0.29, 0.717) is 18.6 Å². The Morgan fingerprint density at radius 1 is 1.22 bits per heavy atom. The van der Waals surface area contributed by atoms with Crippen molar-refractivity contribution in [1.29, 1.82) is 0 Å². The number of benzene rings is 1. The fourth-order valence-corrected chi connectivity index (χ4v) is 3.41. The standard InChI is InChI=1S/C15H15BrOS/c1-11-4-2-3-5-12(11)6-7-13(17)10-14-8-9-15(16)18-14/h2-5,8-9H,6-7,10H2,1H3. The molecule has 0 fully saturated rings. The molecule has 0 aliphatic carbocycles. The van der Waals surface area contributed by atoms with Gasteiger partial charge in [0.1, 0.15) is 5.78 Å². The molecule has 0 atom stereocenters. The molecular formula is C15H15BrOS. The van der Waals surface area contributed by atoms with Crippen molar-refractivity contribution >= 4 is 33.0 Å². The maximum absolute atomic E-state index is 11.9. The first-order valence-corrected chi connectivity index (χ1v) is 7.56. The molecule has 0 unspecified atom stereocenters. The Kier molecular flexibility index (Phi) is 4.72. The second-order valence-corrected chi connectivity index (χ2v) is 6.90. The van der Waals surface area contributed by atoms with Crippen molar-refractivity contribution in [3.05, 3.63) is 56.2 Å². The molecule has 3 heteroatoms. The number of carbonyl (C=O) groups is 1. The third-order valence-corrected chi connectivity index (χ3v) is 4.56. The Morgan fingerprint density at radius 2 is 2.00 bits per heavy atom. The van der Waals surface area contributed by atoms with Gasteiger partial charge in [-0.25, -0.2) is 0 Å². The molecule has 1 aromatic carbocycles. The molecule has 0 saturated carbocycles. The highest BCUT2D eigenvalue weighted by Gasteiger charge is 2.07. The molecular weight excluding hydrogens is 308 g/mol. The normalized spacial score (nSPS) is 10.6. The number of hydrogen-bond donors (Lipinski definition) is 0. The van der Waals surface area contributed by atoms with Gasteiger partial charge in [0.2, 0.25) is 0 Å². The van der Waals surface area contributed by atoms with Gasteiger partial charge in [0, 0.05) is 17.7 Å². The van der Waals surface area contributed by atoms with Crippen molar-refractivity contribution < 1.29 is 4.79 Å². The summed E-state index contributed by atoms with van der Waals surface area (Å²) in [5, 5.41) is 0. The predicted octanol–water partition coefficient (Wildman–Crippen LogP) is 4.56. The SMILES string of the molecule is Cc1ccccc1CCC(=O)Cc1ccc(Br)s1. The van der Waals surface area contributed by atoms with Crippen LogP contribution in [0.25, 0.3) is 0 Å². The van der Waals surface area contributed by atoms with Gasteiger partial charge in [0.25, 0.3) is 0 Å². The molecule has 2 aromatic rings. The molecule has 2 rings (SSSR count). The lowest BCUT2D eigenvalue weighted by Crippen LogP contribution is -2.03. The molecule has 0 N–H and O–H groups in total. The van der Waals surface area contributed by atoms with E-state index >= 15 is 0 Å². The molecule has 0 amide bonds. The van der Waals surface area contributed by atoms with Crippen LogP contribution in [0.1, 0.15) is 22.4 Å². The molecule has 0 aliphatic rings. The number of aryl methyl sites for hydroxylation is 2. The van der Waals surface area contributed by atoms with E-state index in [4.69, 9.17) is 0 Å². The van der Waals surface area contributed by atoms with Crippen molar-refractivity contribution in [2.24, 2.45) is 0 Å². The second-order valence-electron chi connectivity index (χ2n) is 4.35. The van der Waals surface area contributed by atoms with E-state index in [9.17, 15) is 4.79 Å². The Morgan fingerprint density at radius 3 is 2.67 bits per heavy atom. The molecule has 18 heavy (non-hydrogen) atoms. The first kappa shape index (κ1) is 13.5. The zero-order valence-electron chi connectivity index (χ0n) is 10.3. The number of halogens is 1. The molecule has 0 bridgehead atoms. The van der Waals surface area contributed by atoms with Crippen LogP contribution in [0.2, 0.25) is 0 Å². The number of thiophene rings is 1. The van der Waals surface area contributed by atoms with Gasteiger partial charge in [0.15, 0.2) is 0 Å². The smallest absolute Gasteiger partial charge is 0.138 e. The zero-order chi connectivity index (χ0) is 13.0. The van der Waals surface area contributed by atoms with Crippen LogP contribution in [-0.4, -0.2) is 5.78 Å². The minimum atomic E-state index is 0.313. The van der Waals surface area contributed by atoms with E-state index in [2.05, 4.69) is 35.0 Å². The number of rotatable bonds is 5. The number of Topliss-reactive ketones (excluding diaryl/α,β-unsaturated/α-hetero) is 1. The van der Waals surface area contributed by atoms with Crippen LogP contribution in [-0.2, 0) is 17.6 Å². The average molecular weight is 323 g/mol. The molecule has 0 spiro atoms. The summed E-state index contributed by atoms with van der Waals surface area (Å²) < 4.78 is 1.09. The molecule has 1 nitrogen and oxygen atoms in total. The quantitative estimate of drug-likeness (QED) is 0.788. The van der Waals surface area contributed by atoms with Gasteiger partial charge < -0.3 is 0 Å². The lowest BCUT2D eigenvalue weighted by molar-refractivity contribution is -0.118. The maximum atomic E-state index is 11.9. The summed E-state index contributed by atoms with van der Waals surface area (Å²) in [7, 11) is 0. The van der Waals surface area contributed by atoms with Crippen LogP contribution < -0.4 is 0 Å².